The fraction of sp³-hybridized carbons (Fsp3) is 0.231. The third kappa shape index (κ3) is 6.96. The van der Waals surface area contributed by atoms with E-state index in [-0.39, 0.29) is 27.2 Å². The Morgan fingerprint density at radius 3 is 2.22 bits per heavy atom. The molecule has 0 fully saturated rings. The van der Waals surface area contributed by atoms with Crippen LogP contribution in [0.25, 0.3) is 0 Å². The molecule has 196 valence electrons. The molecule has 1 atom stereocenters. The second-order valence-corrected chi connectivity index (χ2v) is 11.5. The van der Waals surface area contributed by atoms with Crippen molar-refractivity contribution >= 4 is 62.3 Å². The number of anilines is 1. The van der Waals surface area contributed by atoms with E-state index in [0.29, 0.717) is 10.6 Å². The first kappa shape index (κ1) is 28.8. The minimum Gasteiger partial charge on any atom is -0.357 e. The van der Waals surface area contributed by atoms with Gasteiger partial charge < -0.3 is 10.2 Å². The lowest BCUT2D eigenvalue weighted by molar-refractivity contribution is -0.139. The zero-order chi connectivity index (χ0) is 27.3. The van der Waals surface area contributed by atoms with Crippen LogP contribution in [0.5, 0.6) is 0 Å². The summed E-state index contributed by atoms with van der Waals surface area (Å²) in [5, 5.41) is 3.33. The standard InChI is InChI=1S/C26H26Cl3N3O4S/c1-17-7-10-22(11-8-17)37(35,36)32(24-14-21(28)9-12-23(24)29)16-25(33)31(18(2)26(34)30-3)15-19-5-4-6-20(27)13-19/h4-14,18H,15-16H2,1-3H3,(H,30,34)/t18-/m1/s1. The van der Waals surface area contributed by atoms with Crippen LogP contribution in [-0.2, 0) is 26.2 Å². The Hall–Kier alpha value is -2.78. The number of sulfonamides is 1. The molecule has 0 radical (unpaired) electrons. The second-order valence-electron chi connectivity index (χ2n) is 8.36. The largest absolute Gasteiger partial charge is 0.357 e. The van der Waals surface area contributed by atoms with Crippen molar-refractivity contribution in [1.82, 2.24) is 10.2 Å². The van der Waals surface area contributed by atoms with Crippen molar-refractivity contribution in [1.29, 1.82) is 0 Å². The minimum absolute atomic E-state index is 0.0235. The molecule has 3 aromatic carbocycles. The van der Waals surface area contributed by atoms with Gasteiger partial charge in [0.1, 0.15) is 12.6 Å². The van der Waals surface area contributed by atoms with Crippen LogP contribution >= 0.6 is 34.8 Å². The summed E-state index contributed by atoms with van der Waals surface area (Å²) in [5.74, 6) is -1.04. The van der Waals surface area contributed by atoms with Gasteiger partial charge in [0.15, 0.2) is 0 Å². The van der Waals surface area contributed by atoms with Gasteiger partial charge in [-0.05, 0) is 61.9 Å². The lowest BCUT2D eigenvalue weighted by atomic mass is 10.1. The molecule has 3 rings (SSSR count). The molecule has 0 saturated carbocycles. The Labute approximate surface area is 232 Å². The summed E-state index contributed by atoms with van der Waals surface area (Å²) in [6, 6.07) is 16.5. The first-order valence-corrected chi connectivity index (χ1v) is 13.8. The number of benzene rings is 3. The fourth-order valence-corrected chi connectivity index (χ4v) is 5.73. The number of nitrogens with zero attached hydrogens (tertiary/aromatic N) is 2. The smallest absolute Gasteiger partial charge is 0.264 e. The van der Waals surface area contributed by atoms with E-state index in [2.05, 4.69) is 5.32 Å². The monoisotopic (exact) mass is 581 g/mol. The van der Waals surface area contributed by atoms with Crippen LogP contribution in [0.2, 0.25) is 15.1 Å². The molecule has 0 aromatic heterocycles. The Bertz CT molecular complexity index is 1400. The maximum atomic E-state index is 13.8. The van der Waals surface area contributed by atoms with Gasteiger partial charge in [0.05, 0.1) is 15.6 Å². The summed E-state index contributed by atoms with van der Waals surface area (Å²) in [4.78, 5) is 27.5. The van der Waals surface area contributed by atoms with Crippen molar-refractivity contribution in [2.75, 3.05) is 17.9 Å². The minimum atomic E-state index is -4.25. The van der Waals surface area contributed by atoms with Crippen molar-refractivity contribution in [3.05, 3.63) is 92.9 Å². The number of likely N-dealkylation sites (N-methyl/N-ethyl adjacent to an activating group) is 1. The number of hydrogen-bond acceptors (Lipinski definition) is 4. The van der Waals surface area contributed by atoms with E-state index >= 15 is 0 Å². The Balaban J connectivity index is 2.08. The highest BCUT2D eigenvalue weighted by Gasteiger charge is 2.33. The molecular formula is C26H26Cl3N3O4S. The Kier molecular flexibility index (Phi) is 9.47. The van der Waals surface area contributed by atoms with Crippen molar-refractivity contribution < 1.29 is 18.0 Å². The molecule has 0 unspecified atom stereocenters. The normalized spacial score (nSPS) is 12.1. The van der Waals surface area contributed by atoms with Gasteiger partial charge in [-0.25, -0.2) is 8.42 Å². The van der Waals surface area contributed by atoms with Gasteiger partial charge >= 0.3 is 0 Å². The van der Waals surface area contributed by atoms with Crippen molar-refractivity contribution in [3.63, 3.8) is 0 Å². The number of amides is 2. The highest BCUT2D eigenvalue weighted by molar-refractivity contribution is 7.92. The van der Waals surface area contributed by atoms with Crippen LogP contribution in [0.3, 0.4) is 0 Å². The number of nitrogens with one attached hydrogen (secondary N) is 1. The molecule has 7 nitrogen and oxygen atoms in total. The third-order valence-electron chi connectivity index (χ3n) is 5.72. The van der Waals surface area contributed by atoms with Gasteiger partial charge in [-0.3, -0.25) is 13.9 Å². The molecule has 0 heterocycles. The van der Waals surface area contributed by atoms with E-state index in [1.54, 1.807) is 43.3 Å². The highest BCUT2D eigenvalue weighted by atomic mass is 35.5. The van der Waals surface area contributed by atoms with E-state index in [1.807, 2.05) is 6.92 Å². The average Bonchev–Trinajstić information content (AvgIpc) is 2.86. The van der Waals surface area contributed by atoms with Crippen LogP contribution in [0.1, 0.15) is 18.1 Å². The van der Waals surface area contributed by atoms with Crippen molar-refractivity contribution in [2.24, 2.45) is 0 Å². The van der Waals surface area contributed by atoms with Crippen LogP contribution < -0.4 is 9.62 Å². The van der Waals surface area contributed by atoms with Crippen molar-refractivity contribution in [3.8, 4) is 0 Å². The van der Waals surface area contributed by atoms with Gasteiger partial charge in [-0.15, -0.1) is 0 Å². The van der Waals surface area contributed by atoms with Gasteiger partial charge in [0.25, 0.3) is 10.0 Å². The number of halogens is 3. The SMILES string of the molecule is CNC(=O)[C@@H](C)N(Cc1cccc(Cl)c1)C(=O)CN(c1cc(Cl)ccc1Cl)S(=O)(=O)c1ccc(C)cc1. The number of carbonyl (C=O) groups is 2. The zero-order valence-electron chi connectivity index (χ0n) is 20.4. The summed E-state index contributed by atoms with van der Waals surface area (Å²) in [5.41, 5.74) is 1.58. The maximum Gasteiger partial charge on any atom is 0.264 e. The number of hydrogen-bond donors (Lipinski definition) is 1. The van der Waals surface area contributed by atoms with Gasteiger partial charge in [-0.2, -0.15) is 0 Å². The topological polar surface area (TPSA) is 86.8 Å². The Morgan fingerprint density at radius 2 is 1.59 bits per heavy atom. The first-order valence-electron chi connectivity index (χ1n) is 11.2. The summed E-state index contributed by atoms with van der Waals surface area (Å²) >= 11 is 18.7. The molecule has 0 spiro atoms. The zero-order valence-corrected chi connectivity index (χ0v) is 23.5. The lowest BCUT2D eigenvalue weighted by Crippen LogP contribution is -2.50. The molecule has 3 aromatic rings. The molecule has 0 aliphatic heterocycles. The van der Waals surface area contributed by atoms with Crippen LogP contribution in [0.15, 0.2) is 71.6 Å². The van der Waals surface area contributed by atoms with Gasteiger partial charge in [0, 0.05) is 23.6 Å². The molecular weight excluding hydrogens is 557 g/mol. The molecule has 2 amide bonds. The van der Waals surface area contributed by atoms with E-state index in [4.69, 9.17) is 34.8 Å². The lowest BCUT2D eigenvalue weighted by Gasteiger charge is -2.32. The van der Waals surface area contributed by atoms with E-state index in [1.165, 1.54) is 42.3 Å². The van der Waals surface area contributed by atoms with E-state index < -0.39 is 34.4 Å². The van der Waals surface area contributed by atoms with E-state index in [9.17, 15) is 18.0 Å². The van der Waals surface area contributed by atoms with Gasteiger partial charge in [-0.1, -0.05) is 64.6 Å². The predicted octanol–water partition coefficient (Wildman–Crippen LogP) is 5.31. The molecule has 1 N–H and O–H groups in total. The number of carbonyl (C=O) groups excluding carboxylic acids is 2. The number of aryl methyl sites for hydroxylation is 1. The van der Waals surface area contributed by atoms with Crippen LogP contribution in [-0.4, -0.2) is 44.8 Å². The summed E-state index contributed by atoms with van der Waals surface area (Å²) in [6.45, 7) is 2.79. The summed E-state index contributed by atoms with van der Waals surface area (Å²) in [7, 11) is -2.79. The molecule has 37 heavy (non-hydrogen) atoms. The van der Waals surface area contributed by atoms with Crippen LogP contribution in [0, 0.1) is 6.92 Å². The fourth-order valence-electron chi connectivity index (χ4n) is 3.65. The van der Waals surface area contributed by atoms with Crippen molar-refractivity contribution in [2.45, 2.75) is 31.3 Å². The first-order chi connectivity index (χ1) is 17.4. The Morgan fingerprint density at radius 1 is 0.946 bits per heavy atom. The summed E-state index contributed by atoms with van der Waals surface area (Å²) < 4.78 is 28.5. The number of rotatable bonds is 9. The summed E-state index contributed by atoms with van der Waals surface area (Å²) in [6.07, 6.45) is 0. The maximum absolute atomic E-state index is 13.8. The van der Waals surface area contributed by atoms with Gasteiger partial charge in [0.2, 0.25) is 11.8 Å². The molecule has 0 bridgehead atoms. The highest BCUT2D eigenvalue weighted by Crippen LogP contribution is 2.33. The molecule has 0 aliphatic carbocycles. The third-order valence-corrected chi connectivity index (χ3v) is 8.28. The van der Waals surface area contributed by atoms with E-state index in [0.717, 1.165) is 9.87 Å². The average molecular weight is 583 g/mol. The van der Waals surface area contributed by atoms with Crippen LogP contribution in [0.4, 0.5) is 5.69 Å². The quantitative estimate of drug-likeness (QED) is 0.370. The molecule has 11 heteroatoms. The second kappa shape index (κ2) is 12.2. The predicted molar refractivity (Wildman–Crippen MR) is 148 cm³/mol. The molecule has 0 saturated heterocycles. The molecule has 0 aliphatic rings.